The molecular formula is C10H16N2O2S. The van der Waals surface area contributed by atoms with E-state index in [1.54, 1.807) is 25.2 Å². The van der Waals surface area contributed by atoms with E-state index >= 15 is 0 Å². The van der Waals surface area contributed by atoms with Gasteiger partial charge >= 0.3 is 0 Å². The molecule has 0 amide bonds. The number of hydrogen-bond donors (Lipinski definition) is 1. The van der Waals surface area contributed by atoms with Gasteiger partial charge in [0.05, 0.1) is 5.69 Å². The van der Waals surface area contributed by atoms with Crippen LogP contribution >= 0.6 is 0 Å². The van der Waals surface area contributed by atoms with Gasteiger partial charge in [-0.25, -0.2) is 8.42 Å². The van der Waals surface area contributed by atoms with Crippen molar-refractivity contribution in [2.45, 2.75) is 24.8 Å². The van der Waals surface area contributed by atoms with Gasteiger partial charge in [-0.3, -0.25) is 0 Å². The van der Waals surface area contributed by atoms with Gasteiger partial charge < -0.3 is 5.73 Å². The SMILES string of the molecule is CC(C)N(C)S(=O)(=O)c1ccccc1N. The van der Waals surface area contributed by atoms with Crippen molar-refractivity contribution in [3.8, 4) is 0 Å². The fourth-order valence-corrected chi connectivity index (χ4v) is 2.63. The number of sulfonamides is 1. The van der Waals surface area contributed by atoms with Crippen LogP contribution in [0.2, 0.25) is 0 Å². The Hall–Kier alpha value is -1.07. The van der Waals surface area contributed by atoms with E-state index < -0.39 is 10.0 Å². The minimum atomic E-state index is -3.46. The zero-order chi connectivity index (χ0) is 11.6. The van der Waals surface area contributed by atoms with Crippen LogP contribution in [-0.2, 0) is 10.0 Å². The number of nitrogens with zero attached hydrogens (tertiary/aromatic N) is 1. The van der Waals surface area contributed by atoms with Crippen LogP contribution in [-0.4, -0.2) is 25.8 Å². The van der Waals surface area contributed by atoms with Crippen LogP contribution in [0.15, 0.2) is 29.2 Å². The second-order valence-electron chi connectivity index (χ2n) is 3.65. The Morgan fingerprint density at radius 2 is 1.80 bits per heavy atom. The van der Waals surface area contributed by atoms with E-state index in [1.807, 2.05) is 13.8 Å². The maximum atomic E-state index is 12.0. The summed E-state index contributed by atoms with van der Waals surface area (Å²) >= 11 is 0. The molecule has 0 spiro atoms. The maximum absolute atomic E-state index is 12.0. The average Bonchev–Trinajstić information content (AvgIpc) is 2.16. The van der Waals surface area contributed by atoms with Crippen LogP contribution in [0.5, 0.6) is 0 Å². The summed E-state index contributed by atoms with van der Waals surface area (Å²) in [5.41, 5.74) is 5.92. The lowest BCUT2D eigenvalue weighted by Gasteiger charge is -2.21. The summed E-state index contributed by atoms with van der Waals surface area (Å²) in [6.07, 6.45) is 0. The molecule has 0 heterocycles. The number of benzene rings is 1. The van der Waals surface area contributed by atoms with Gasteiger partial charge in [-0.2, -0.15) is 4.31 Å². The topological polar surface area (TPSA) is 63.4 Å². The molecule has 0 unspecified atom stereocenters. The Morgan fingerprint density at radius 1 is 1.27 bits per heavy atom. The van der Waals surface area contributed by atoms with Crippen LogP contribution < -0.4 is 5.73 Å². The molecule has 2 N–H and O–H groups in total. The Morgan fingerprint density at radius 3 is 2.27 bits per heavy atom. The van der Waals surface area contributed by atoms with Crippen molar-refractivity contribution in [1.29, 1.82) is 0 Å². The van der Waals surface area contributed by atoms with Crippen molar-refractivity contribution in [2.75, 3.05) is 12.8 Å². The summed E-state index contributed by atoms with van der Waals surface area (Å²) in [7, 11) is -1.91. The monoisotopic (exact) mass is 228 g/mol. The third kappa shape index (κ3) is 2.30. The molecule has 84 valence electrons. The highest BCUT2D eigenvalue weighted by atomic mass is 32.2. The summed E-state index contributed by atoms with van der Waals surface area (Å²) in [6.45, 7) is 3.63. The van der Waals surface area contributed by atoms with Crippen molar-refractivity contribution < 1.29 is 8.42 Å². The molecule has 0 fully saturated rings. The van der Waals surface area contributed by atoms with Crippen LogP contribution in [0.4, 0.5) is 5.69 Å². The van der Waals surface area contributed by atoms with Gasteiger partial charge in [0.25, 0.3) is 0 Å². The number of rotatable bonds is 3. The van der Waals surface area contributed by atoms with Gasteiger partial charge in [0, 0.05) is 13.1 Å². The smallest absolute Gasteiger partial charge is 0.245 e. The Kier molecular flexibility index (Phi) is 3.36. The highest BCUT2D eigenvalue weighted by Gasteiger charge is 2.24. The Labute approximate surface area is 90.8 Å². The number of nitrogen functional groups attached to an aromatic ring is 1. The normalized spacial score (nSPS) is 12.3. The van der Waals surface area contributed by atoms with E-state index in [4.69, 9.17) is 5.73 Å². The summed E-state index contributed by atoms with van der Waals surface area (Å²) in [5, 5.41) is 0. The summed E-state index contributed by atoms with van der Waals surface area (Å²) in [6, 6.07) is 6.39. The first-order chi connectivity index (χ1) is 6.87. The van der Waals surface area contributed by atoms with E-state index in [2.05, 4.69) is 0 Å². The standard InChI is InChI=1S/C10H16N2O2S/c1-8(2)12(3)15(13,14)10-7-5-4-6-9(10)11/h4-8H,11H2,1-3H3. The summed E-state index contributed by atoms with van der Waals surface area (Å²) in [5.74, 6) is 0. The highest BCUT2D eigenvalue weighted by molar-refractivity contribution is 7.89. The lowest BCUT2D eigenvalue weighted by molar-refractivity contribution is 0.411. The summed E-state index contributed by atoms with van der Waals surface area (Å²) < 4.78 is 25.4. The van der Waals surface area contributed by atoms with Gasteiger partial charge in [0.1, 0.15) is 4.90 Å². The molecule has 4 nitrogen and oxygen atoms in total. The van der Waals surface area contributed by atoms with E-state index in [0.29, 0.717) is 0 Å². The molecule has 1 aromatic rings. The van der Waals surface area contributed by atoms with Crippen LogP contribution in [0.1, 0.15) is 13.8 Å². The summed E-state index contributed by atoms with van der Waals surface area (Å²) in [4.78, 5) is 0.168. The molecular weight excluding hydrogens is 212 g/mol. The first-order valence-corrected chi connectivity index (χ1v) is 6.14. The third-order valence-electron chi connectivity index (χ3n) is 2.30. The first kappa shape index (κ1) is 12.0. The highest BCUT2D eigenvalue weighted by Crippen LogP contribution is 2.21. The fourth-order valence-electron chi connectivity index (χ4n) is 1.15. The molecule has 1 rings (SSSR count). The van der Waals surface area contributed by atoms with E-state index in [0.717, 1.165) is 0 Å². The van der Waals surface area contributed by atoms with Gasteiger partial charge in [0.2, 0.25) is 10.0 Å². The van der Waals surface area contributed by atoms with Crippen molar-refractivity contribution in [1.82, 2.24) is 4.31 Å². The molecule has 0 aliphatic heterocycles. The Balaban J connectivity index is 3.24. The number of para-hydroxylation sites is 1. The predicted octanol–water partition coefficient (Wildman–Crippen LogP) is 1.30. The van der Waals surface area contributed by atoms with Gasteiger partial charge in [-0.15, -0.1) is 0 Å². The van der Waals surface area contributed by atoms with E-state index in [-0.39, 0.29) is 16.6 Å². The lowest BCUT2D eigenvalue weighted by atomic mass is 10.3. The molecule has 0 saturated heterocycles. The Bertz CT molecular complexity index is 440. The lowest BCUT2D eigenvalue weighted by Crippen LogP contribution is -2.33. The largest absolute Gasteiger partial charge is 0.398 e. The minimum absolute atomic E-state index is 0.0883. The molecule has 0 aliphatic rings. The number of anilines is 1. The van der Waals surface area contributed by atoms with Crippen LogP contribution in [0.3, 0.4) is 0 Å². The van der Waals surface area contributed by atoms with Gasteiger partial charge in [-0.05, 0) is 26.0 Å². The van der Waals surface area contributed by atoms with Crippen molar-refractivity contribution in [2.24, 2.45) is 0 Å². The minimum Gasteiger partial charge on any atom is -0.398 e. The van der Waals surface area contributed by atoms with Crippen molar-refractivity contribution in [3.05, 3.63) is 24.3 Å². The van der Waals surface area contributed by atoms with Crippen LogP contribution in [0.25, 0.3) is 0 Å². The number of hydrogen-bond acceptors (Lipinski definition) is 3. The number of nitrogens with two attached hydrogens (primary N) is 1. The molecule has 0 radical (unpaired) electrons. The van der Waals surface area contributed by atoms with Crippen molar-refractivity contribution >= 4 is 15.7 Å². The predicted molar refractivity (Wildman–Crippen MR) is 60.9 cm³/mol. The van der Waals surface area contributed by atoms with E-state index in [1.165, 1.54) is 10.4 Å². The van der Waals surface area contributed by atoms with Crippen molar-refractivity contribution in [3.63, 3.8) is 0 Å². The molecule has 0 saturated carbocycles. The second kappa shape index (κ2) is 4.20. The molecule has 0 bridgehead atoms. The fraction of sp³-hybridized carbons (Fsp3) is 0.400. The zero-order valence-corrected chi connectivity index (χ0v) is 9.95. The molecule has 0 aromatic heterocycles. The first-order valence-electron chi connectivity index (χ1n) is 4.70. The third-order valence-corrected chi connectivity index (χ3v) is 4.41. The molecule has 0 aliphatic carbocycles. The molecule has 5 heteroatoms. The maximum Gasteiger partial charge on any atom is 0.245 e. The second-order valence-corrected chi connectivity index (χ2v) is 5.62. The zero-order valence-electron chi connectivity index (χ0n) is 9.14. The van der Waals surface area contributed by atoms with E-state index in [9.17, 15) is 8.42 Å². The molecule has 1 aromatic carbocycles. The molecule has 15 heavy (non-hydrogen) atoms. The van der Waals surface area contributed by atoms with Gasteiger partial charge in [-0.1, -0.05) is 12.1 Å². The van der Waals surface area contributed by atoms with Gasteiger partial charge in [0.15, 0.2) is 0 Å². The van der Waals surface area contributed by atoms with Crippen LogP contribution in [0, 0.1) is 0 Å². The molecule has 0 atom stereocenters. The quantitative estimate of drug-likeness (QED) is 0.793. The average molecular weight is 228 g/mol.